The van der Waals surface area contributed by atoms with Crippen molar-refractivity contribution in [1.29, 1.82) is 0 Å². The van der Waals surface area contributed by atoms with E-state index < -0.39 is 36.8 Å². The van der Waals surface area contributed by atoms with E-state index in [1.54, 1.807) is 0 Å². The summed E-state index contributed by atoms with van der Waals surface area (Å²) in [6.07, 6.45) is 2.39. The number of benzene rings is 1. The van der Waals surface area contributed by atoms with Crippen LogP contribution in [0, 0.1) is 5.82 Å². The third kappa shape index (κ3) is 5.30. The van der Waals surface area contributed by atoms with Gasteiger partial charge in [-0.05, 0) is 23.8 Å². The maximum Gasteiger partial charge on any atom is 0.323 e. The lowest BCUT2D eigenvalue weighted by molar-refractivity contribution is -0.147. The van der Waals surface area contributed by atoms with Crippen LogP contribution in [0.4, 0.5) is 4.39 Å². The lowest BCUT2D eigenvalue weighted by Gasteiger charge is -2.16. The summed E-state index contributed by atoms with van der Waals surface area (Å²) in [6.45, 7) is -1.42. The van der Waals surface area contributed by atoms with Crippen LogP contribution in [0.15, 0.2) is 30.3 Å². The average molecular weight is 281 g/mol. The zero-order valence-electron chi connectivity index (χ0n) is 10.3. The molecule has 1 aromatic rings. The molecular weight excluding hydrogens is 269 g/mol. The van der Waals surface area contributed by atoms with Crippen LogP contribution < -0.4 is 0 Å². The highest BCUT2D eigenvalue weighted by Gasteiger charge is 2.17. The number of carboxylic acid groups (broad SMARTS) is 2. The number of nitrogens with zero attached hydrogens (tertiary/aromatic N) is 1. The number of carboxylic acids is 2. The van der Waals surface area contributed by atoms with Gasteiger partial charge in [0.05, 0.1) is 0 Å². The monoisotopic (exact) mass is 281 g/mol. The van der Waals surface area contributed by atoms with E-state index in [0.717, 1.165) is 6.08 Å². The summed E-state index contributed by atoms with van der Waals surface area (Å²) < 4.78 is 12.7. The minimum absolute atomic E-state index is 0.424. The van der Waals surface area contributed by atoms with Crippen LogP contribution in [-0.4, -0.2) is 46.0 Å². The lowest BCUT2D eigenvalue weighted by atomic mass is 10.2. The molecule has 0 aromatic heterocycles. The molecule has 0 bridgehead atoms. The van der Waals surface area contributed by atoms with E-state index in [4.69, 9.17) is 10.2 Å². The van der Waals surface area contributed by atoms with E-state index in [-0.39, 0.29) is 0 Å². The summed E-state index contributed by atoms with van der Waals surface area (Å²) >= 11 is 0. The maximum absolute atomic E-state index is 12.7. The van der Waals surface area contributed by atoms with E-state index >= 15 is 0 Å². The van der Waals surface area contributed by atoms with Gasteiger partial charge in [-0.15, -0.1) is 0 Å². The van der Waals surface area contributed by atoms with Gasteiger partial charge in [0.25, 0.3) is 0 Å². The molecule has 20 heavy (non-hydrogen) atoms. The molecule has 1 amide bonds. The lowest BCUT2D eigenvalue weighted by Crippen LogP contribution is -2.38. The van der Waals surface area contributed by atoms with E-state index in [9.17, 15) is 18.8 Å². The summed E-state index contributed by atoms with van der Waals surface area (Å²) in [5.41, 5.74) is 0.533. The van der Waals surface area contributed by atoms with Crippen LogP contribution in [0.3, 0.4) is 0 Å². The van der Waals surface area contributed by atoms with E-state index in [2.05, 4.69) is 0 Å². The number of amides is 1. The molecule has 0 saturated carbocycles. The molecule has 0 aliphatic rings. The highest BCUT2D eigenvalue weighted by atomic mass is 19.1. The Labute approximate surface area is 113 Å². The van der Waals surface area contributed by atoms with Gasteiger partial charge in [0.15, 0.2) is 0 Å². The van der Waals surface area contributed by atoms with Crippen LogP contribution >= 0.6 is 0 Å². The molecule has 0 radical (unpaired) electrons. The van der Waals surface area contributed by atoms with Crippen molar-refractivity contribution < 1.29 is 29.0 Å². The Morgan fingerprint density at radius 2 is 1.55 bits per heavy atom. The zero-order chi connectivity index (χ0) is 15.1. The fraction of sp³-hybridized carbons (Fsp3) is 0.154. The number of hydrogen-bond donors (Lipinski definition) is 2. The maximum atomic E-state index is 12.7. The predicted octanol–water partition coefficient (Wildman–Crippen LogP) is 0.837. The highest BCUT2D eigenvalue weighted by Crippen LogP contribution is 2.05. The molecule has 1 aromatic carbocycles. The summed E-state index contributed by atoms with van der Waals surface area (Å²) in [5, 5.41) is 17.2. The Morgan fingerprint density at radius 1 is 1.05 bits per heavy atom. The van der Waals surface area contributed by atoms with Gasteiger partial charge in [-0.1, -0.05) is 12.1 Å². The van der Waals surface area contributed by atoms with Crippen molar-refractivity contribution >= 4 is 23.9 Å². The molecule has 106 valence electrons. The van der Waals surface area contributed by atoms with Crippen LogP contribution in [0.1, 0.15) is 5.56 Å². The number of carbonyl (C=O) groups excluding carboxylic acids is 1. The van der Waals surface area contributed by atoms with Crippen molar-refractivity contribution in [3.8, 4) is 0 Å². The van der Waals surface area contributed by atoms with E-state index in [1.807, 2.05) is 0 Å². The fourth-order valence-corrected chi connectivity index (χ4v) is 1.39. The van der Waals surface area contributed by atoms with Crippen LogP contribution in [0.2, 0.25) is 0 Å². The Balaban J connectivity index is 2.76. The molecule has 0 aliphatic carbocycles. The minimum Gasteiger partial charge on any atom is -0.480 e. The first-order valence-corrected chi connectivity index (χ1v) is 5.54. The Morgan fingerprint density at radius 3 is 2.00 bits per heavy atom. The van der Waals surface area contributed by atoms with Crippen LogP contribution in [0.5, 0.6) is 0 Å². The Hall–Kier alpha value is -2.70. The van der Waals surface area contributed by atoms with E-state index in [0.29, 0.717) is 10.5 Å². The Kier molecular flexibility index (Phi) is 5.40. The molecule has 0 saturated heterocycles. The van der Waals surface area contributed by atoms with Gasteiger partial charge >= 0.3 is 11.9 Å². The number of aliphatic carboxylic acids is 2. The third-order valence-electron chi connectivity index (χ3n) is 2.25. The molecule has 0 unspecified atom stereocenters. The van der Waals surface area contributed by atoms with Gasteiger partial charge < -0.3 is 15.1 Å². The number of halogens is 1. The SMILES string of the molecule is O=C(O)CN(CC(=O)O)C(=O)C=Cc1ccc(F)cc1. The van der Waals surface area contributed by atoms with Crippen molar-refractivity contribution in [3.05, 3.63) is 41.7 Å². The molecule has 0 aliphatic heterocycles. The topological polar surface area (TPSA) is 94.9 Å². The molecule has 0 heterocycles. The summed E-state index contributed by atoms with van der Waals surface area (Å²) in [5.74, 6) is -3.80. The predicted molar refractivity (Wildman–Crippen MR) is 67.3 cm³/mol. The number of carbonyl (C=O) groups is 3. The van der Waals surface area contributed by atoms with Crippen LogP contribution in [-0.2, 0) is 14.4 Å². The molecule has 6 nitrogen and oxygen atoms in total. The zero-order valence-corrected chi connectivity index (χ0v) is 10.3. The first-order chi connectivity index (χ1) is 9.38. The van der Waals surface area contributed by atoms with Crippen molar-refractivity contribution in [2.75, 3.05) is 13.1 Å². The minimum atomic E-state index is -1.31. The first kappa shape index (κ1) is 15.4. The smallest absolute Gasteiger partial charge is 0.323 e. The molecule has 2 N–H and O–H groups in total. The summed E-state index contributed by atoms with van der Waals surface area (Å²) in [4.78, 5) is 33.5. The third-order valence-corrected chi connectivity index (χ3v) is 2.25. The van der Waals surface area contributed by atoms with Gasteiger partial charge in [0.1, 0.15) is 18.9 Å². The highest BCUT2D eigenvalue weighted by molar-refractivity contribution is 5.95. The first-order valence-electron chi connectivity index (χ1n) is 5.54. The van der Waals surface area contributed by atoms with Crippen molar-refractivity contribution in [2.45, 2.75) is 0 Å². The largest absolute Gasteiger partial charge is 0.480 e. The van der Waals surface area contributed by atoms with Gasteiger partial charge in [0.2, 0.25) is 5.91 Å². The van der Waals surface area contributed by atoms with E-state index in [1.165, 1.54) is 30.3 Å². The number of rotatable bonds is 6. The average Bonchev–Trinajstić information content (AvgIpc) is 2.36. The van der Waals surface area contributed by atoms with Gasteiger partial charge in [-0.2, -0.15) is 0 Å². The van der Waals surface area contributed by atoms with Crippen molar-refractivity contribution in [3.63, 3.8) is 0 Å². The second-order valence-electron chi connectivity index (χ2n) is 3.87. The number of hydrogen-bond acceptors (Lipinski definition) is 3. The molecule has 7 heteroatoms. The molecule has 1 rings (SSSR count). The quantitative estimate of drug-likeness (QED) is 0.753. The van der Waals surface area contributed by atoms with Gasteiger partial charge in [-0.25, -0.2) is 4.39 Å². The molecule has 0 fully saturated rings. The van der Waals surface area contributed by atoms with Gasteiger partial charge in [0, 0.05) is 6.08 Å². The molecule has 0 atom stereocenters. The summed E-state index contributed by atoms with van der Waals surface area (Å²) in [6, 6.07) is 5.27. The normalized spacial score (nSPS) is 10.4. The second kappa shape index (κ2) is 7.03. The second-order valence-corrected chi connectivity index (χ2v) is 3.87. The Bertz CT molecular complexity index is 522. The fourth-order valence-electron chi connectivity index (χ4n) is 1.39. The standard InChI is InChI=1S/C13H12FNO5/c14-10-4-1-9(2-5-10)3-6-11(16)15(7-12(17)18)8-13(19)20/h1-6H,7-8H2,(H,17,18)(H,19,20). The molecular formula is C13H12FNO5. The van der Waals surface area contributed by atoms with Crippen molar-refractivity contribution in [1.82, 2.24) is 4.90 Å². The van der Waals surface area contributed by atoms with Crippen LogP contribution in [0.25, 0.3) is 6.08 Å². The molecule has 0 spiro atoms. The summed E-state index contributed by atoms with van der Waals surface area (Å²) in [7, 11) is 0. The van der Waals surface area contributed by atoms with Gasteiger partial charge in [-0.3, -0.25) is 14.4 Å². The van der Waals surface area contributed by atoms with Crippen molar-refractivity contribution in [2.24, 2.45) is 0 Å².